The van der Waals surface area contributed by atoms with Gasteiger partial charge in [0, 0.05) is 37.2 Å². The molecule has 1 aliphatic rings. The molecule has 4 N–H and O–H groups in total. The predicted octanol–water partition coefficient (Wildman–Crippen LogP) is 4.06. The molecule has 2 amide bonds. The van der Waals surface area contributed by atoms with Crippen molar-refractivity contribution in [2.45, 2.75) is 50.6 Å². The van der Waals surface area contributed by atoms with E-state index in [2.05, 4.69) is 41.8 Å². The average Bonchev–Trinajstić information content (AvgIpc) is 3.07. The van der Waals surface area contributed by atoms with Crippen LogP contribution in [0.1, 0.15) is 54.4 Å². The van der Waals surface area contributed by atoms with Crippen LogP contribution in [-0.4, -0.2) is 55.0 Å². The van der Waals surface area contributed by atoms with Crippen molar-refractivity contribution in [1.29, 1.82) is 0 Å². The molecule has 190 valence electrons. The maximum Gasteiger partial charge on any atom is 0.251 e. The van der Waals surface area contributed by atoms with Crippen LogP contribution < -0.4 is 16.4 Å². The summed E-state index contributed by atoms with van der Waals surface area (Å²) < 4.78 is 0. The molecule has 1 aliphatic heterocycles. The van der Waals surface area contributed by atoms with Gasteiger partial charge in [-0.05, 0) is 60.7 Å². The molecule has 0 aliphatic carbocycles. The van der Waals surface area contributed by atoms with Crippen molar-refractivity contribution in [2.24, 2.45) is 5.73 Å². The van der Waals surface area contributed by atoms with Crippen molar-refractivity contribution in [3.05, 3.63) is 83.9 Å². The van der Waals surface area contributed by atoms with Crippen LogP contribution in [0.4, 0.5) is 0 Å². The number of hydrogen-bond acceptors (Lipinski definition) is 4. The first-order chi connectivity index (χ1) is 17.6. The molecule has 3 aromatic rings. The van der Waals surface area contributed by atoms with Gasteiger partial charge < -0.3 is 21.3 Å². The summed E-state index contributed by atoms with van der Waals surface area (Å²) in [5.74, 6) is 0.347. The van der Waals surface area contributed by atoms with E-state index in [0.717, 1.165) is 30.0 Å². The zero-order chi connectivity index (χ0) is 25.3. The van der Waals surface area contributed by atoms with Crippen LogP contribution in [0.5, 0.6) is 0 Å². The van der Waals surface area contributed by atoms with E-state index in [1.807, 2.05) is 53.4 Å². The smallest absolute Gasteiger partial charge is 0.251 e. The van der Waals surface area contributed by atoms with Crippen LogP contribution in [0.3, 0.4) is 0 Å². The van der Waals surface area contributed by atoms with Gasteiger partial charge in [-0.3, -0.25) is 9.59 Å². The van der Waals surface area contributed by atoms with E-state index in [4.69, 9.17) is 5.73 Å². The van der Waals surface area contributed by atoms with Gasteiger partial charge in [0.1, 0.15) is 0 Å². The van der Waals surface area contributed by atoms with E-state index in [-0.39, 0.29) is 23.9 Å². The lowest BCUT2D eigenvalue weighted by molar-refractivity contribution is -0.133. The van der Waals surface area contributed by atoms with Crippen LogP contribution >= 0.6 is 0 Å². The molecule has 0 bridgehead atoms. The molecule has 1 fully saturated rings. The predicted molar refractivity (Wildman–Crippen MR) is 146 cm³/mol. The highest BCUT2D eigenvalue weighted by molar-refractivity contribution is 5.98. The molecule has 0 aromatic heterocycles. The van der Waals surface area contributed by atoms with Crippen LogP contribution in [0.2, 0.25) is 0 Å². The third-order valence-electron chi connectivity index (χ3n) is 7.22. The SMILES string of the molecule is CCC(CN1CC[C@@H](CNC(=O)c2ccc3ccccc3c2)N[C@@H](CCCN)C1=O)c1ccccc1. The standard InChI is InChI=1S/C30H38N4O2/c1-2-22(23-9-4-3-5-10-23)21-34-18-16-27(33-28(30(34)36)13-8-17-31)20-32-29(35)26-15-14-24-11-6-7-12-25(24)19-26/h3-7,9-12,14-15,19,22,27-28,33H,2,8,13,16-18,20-21,31H2,1H3,(H,32,35)/t22?,27-,28-/m0/s1. The van der Waals surface area contributed by atoms with Crippen molar-refractivity contribution >= 4 is 22.6 Å². The molecule has 0 spiro atoms. The Morgan fingerprint density at radius 2 is 1.83 bits per heavy atom. The largest absolute Gasteiger partial charge is 0.350 e. The van der Waals surface area contributed by atoms with Gasteiger partial charge in [-0.25, -0.2) is 0 Å². The Morgan fingerprint density at radius 3 is 2.58 bits per heavy atom. The summed E-state index contributed by atoms with van der Waals surface area (Å²) in [6.45, 7) is 4.58. The van der Waals surface area contributed by atoms with Gasteiger partial charge in [0.25, 0.3) is 5.91 Å². The van der Waals surface area contributed by atoms with Crippen molar-refractivity contribution in [1.82, 2.24) is 15.5 Å². The normalized spacial score (nSPS) is 19.2. The van der Waals surface area contributed by atoms with E-state index in [1.54, 1.807) is 0 Å². The minimum atomic E-state index is -0.285. The Hall–Kier alpha value is -3.22. The summed E-state index contributed by atoms with van der Waals surface area (Å²) in [4.78, 5) is 28.4. The highest BCUT2D eigenvalue weighted by Gasteiger charge is 2.31. The molecule has 1 heterocycles. The van der Waals surface area contributed by atoms with E-state index in [0.29, 0.717) is 44.1 Å². The van der Waals surface area contributed by atoms with Gasteiger partial charge in [0.15, 0.2) is 0 Å². The van der Waals surface area contributed by atoms with Crippen LogP contribution in [-0.2, 0) is 4.79 Å². The number of carbonyl (C=O) groups excluding carboxylic acids is 2. The summed E-state index contributed by atoms with van der Waals surface area (Å²) in [7, 11) is 0. The maximum atomic E-state index is 13.5. The second kappa shape index (κ2) is 12.7. The number of carbonyl (C=O) groups is 2. The van der Waals surface area contributed by atoms with Crippen LogP contribution in [0.25, 0.3) is 10.8 Å². The summed E-state index contributed by atoms with van der Waals surface area (Å²) in [6, 6.07) is 23.9. The first kappa shape index (κ1) is 25.9. The molecule has 6 heteroatoms. The molecule has 36 heavy (non-hydrogen) atoms. The molecule has 4 rings (SSSR count). The lowest BCUT2D eigenvalue weighted by Crippen LogP contribution is -2.49. The zero-order valence-electron chi connectivity index (χ0n) is 21.2. The van der Waals surface area contributed by atoms with Crippen molar-refractivity contribution in [3.8, 4) is 0 Å². The van der Waals surface area contributed by atoms with Gasteiger partial charge in [-0.15, -0.1) is 0 Å². The maximum absolute atomic E-state index is 13.5. The first-order valence-corrected chi connectivity index (χ1v) is 13.2. The van der Waals surface area contributed by atoms with Gasteiger partial charge >= 0.3 is 0 Å². The molecule has 3 atom stereocenters. The molecule has 6 nitrogen and oxygen atoms in total. The number of hydrogen-bond donors (Lipinski definition) is 3. The number of nitrogens with zero attached hydrogens (tertiary/aromatic N) is 1. The number of nitrogens with one attached hydrogen (secondary N) is 2. The third-order valence-corrected chi connectivity index (χ3v) is 7.22. The number of amides is 2. The van der Waals surface area contributed by atoms with Gasteiger partial charge in [0.2, 0.25) is 5.91 Å². The summed E-state index contributed by atoms with van der Waals surface area (Å²) in [5, 5.41) is 8.78. The Balaban J connectivity index is 1.42. The molecular formula is C30H38N4O2. The lowest BCUT2D eigenvalue weighted by Gasteiger charge is -2.28. The van der Waals surface area contributed by atoms with E-state index in [1.165, 1.54) is 5.56 Å². The number of benzene rings is 3. The number of fused-ring (bicyclic) bond motifs is 1. The highest BCUT2D eigenvalue weighted by Crippen LogP contribution is 2.23. The topological polar surface area (TPSA) is 87.5 Å². The van der Waals surface area contributed by atoms with Crippen molar-refractivity contribution in [3.63, 3.8) is 0 Å². The minimum Gasteiger partial charge on any atom is -0.350 e. The second-order valence-electron chi connectivity index (χ2n) is 9.71. The molecule has 3 aromatic carbocycles. The highest BCUT2D eigenvalue weighted by atomic mass is 16.2. The summed E-state index contributed by atoms with van der Waals surface area (Å²) >= 11 is 0. The quantitative estimate of drug-likeness (QED) is 0.403. The molecule has 0 saturated carbocycles. The molecule has 0 radical (unpaired) electrons. The fourth-order valence-electron chi connectivity index (χ4n) is 5.06. The van der Waals surface area contributed by atoms with Crippen LogP contribution in [0.15, 0.2) is 72.8 Å². The van der Waals surface area contributed by atoms with E-state index >= 15 is 0 Å². The van der Waals surface area contributed by atoms with Crippen LogP contribution in [0, 0.1) is 0 Å². The van der Waals surface area contributed by atoms with Gasteiger partial charge in [0.05, 0.1) is 6.04 Å². The monoisotopic (exact) mass is 486 g/mol. The van der Waals surface area contributed by atoms with Crippen molar-refractivity contribution < 1.29 is 9.59 Å². The first-order valence-electron chi connectivity index (χ1n) is 13.2. The zero-order valence-corrected chi connectivity index (χ0v) is 21.2. The fourth-order valence-corrected chi connectivity index (χ4v) is 5.06. The van der Waals surface area contributed by atoms with E-state index in [9.17, 15) is 9.59 Å². The number of nitrogens with two attached hydrogens (primary N) is 1. The second-order valence-corrected chi connectivity index (χ2v) is 9.71. The van der Waals surface area contributed by atoms with Gasteiger partial charge in [-0.1, -0.05) is 67.6 Å². The molecule has 1 saturated heterocycles. The minimum absolute atomic E-state index is 0.0166. The summed E-state index contributed by atoms with van der Waals surface area (Å²) in [6.07, 6.45) is 3.24. The Kier molecular flexibility index (Phi) is 9.09. The Morgan fingerprint density at radius 1 is 1.08 bits per heavy atom. The summed E-state index contributed by atoms with van der Waals surface area (Å²) in [5.41, 5.74) is 7.68. The van der Waals surface area contributed by atoms with Crippen molar-refractivity contribution in [2.75, 3.05) is 26.2 Å². The lowest BCUT2D eigenvalue weighted by atomic mass is 9.95. The third kappa shape index (κ3) is 6.50. The molecule has 1 unspecified atom stereocenters. The Labute approximate surface area is 214 Å². The number of rotatable bonds is 10. The van der Waals surface area contributed by atoms with Gasteiger partial charge in [-0.2, -0.15) is 0 Å². The fraction of sp³-hybridized carbons (Fsp3) is 0.400. The Bertz CT molecular complexity index is 1150. The average molecular weight is 487 g/mol. The van der Waals surface area contributed by atoms with E-state index < -0.39 is 0 Å². The molecular weight excluding hydrogens is 448 g/mol.